The van der Waals surface area contributed by atoms with E-state index in [9.17, 15) is 14.7 Å². The molecule has 1 saturated carbocycles. The van der Waals surface area contributed by atoms with Crippen LogP contribution in [0.25, 0.3) is 0 Å². The molecule has 0 aliphatic heterocycles. The topological polar surface area (TPSA) is 75.6 Å². The van der Waals surface area contributed by atoms with Crippen molar-refractivity contribution in [3.05, 3.63) is 0 Å². The largest absolute Gasteiger partial charge is 0.480 e. The Morgan fingerprint density at radius 1 is 1.24 bits per heavy atom. The van der Waals surface area contributed by atoms with Gasteiger partial charge in [0.15, 0.2) is 0 Å². The monoisotopic (exact) mass is 243 g/mol. The third-order valence-electron chi connectivity index (χ3n) is 2.71. The lowest BCUT2D eigenvalue weighted by molar-refractivity contribution is -0.154. The zero-order valence-electron chi connectivity index (χ0n) is 11.1. The summed E-state index contributed by atoms with van der Waals surface area (Å²) in [5.74, 6) is -0.998. The number of amides is 1. The first-order valence-corrected chi connectivity index (χ1v) is 5.70. The molecule has 0 unspecified atom stereocenters. The number of carbonyl (C=O) groups excluding carboxylic acids is 1. The molecular weight excluding hydrogens is 222 g/mol. The maximum Gasteiger partial charge on any atom is 0.408 e. The lowest BCUT2D eigenvalue weighted by Gasteiger charge is -2.50. The van der Waals surface area contributed by atoms with E-state index >= 15 is 0 Å². The average molecular weight is 243 g/mol. The van der Waals surface area contributed by atoms with Crippen LogP contribution in [0.4, 0.5) is 4.79 Å². The van der Waals surface area contributed by atoms with E-state index in [0.717, 1.165) is 0 Å². The average Bonchev–Trinajstić information content (AvgIpc) is 1.94. The highest BCUT2D eigenvalue weighted by Gasteiger charge is 2.56. The molecule has 0 heterocycles. The second-order valence-electron chi connectivity index (χ2n) is 6.53. The molecule has 5 heteroatoms. The maximum absolute atomic E-state index is 11.6. The lowest BCUT2D eigenvalue weighted by atomic mass is 9.59. The summed E-state index contributed by atoms with van der Waals surface area (Å²) in [6.07, 6.45) is 0.179. The molecule has 0 aromatic carbocycles. The fraction of sp³-hybridized carbons (Fsp3) is 0.833. The van der Waals surface area contributed by atoms with Gasteiger partial charge in [0.1, 0.15) is 11.1 Å². The fourth-order valence-corrected chi connectivity index (χ4v) is 2.37. The third-order valence-corrected chi connectivity index (χ3v) is 2.71. The molecule has 0 bridgehead atoms. The summed E-state index contributed by atoms with van der Waals surface area (Å²) in [5, 5.41) is 11.7. The summed E-state index contributed by atoms with van der Waals surface area (Å²) in [6.45, 7) is 9.18. The zero-order chi connectivity index (χ0) is 13.5. The predicted molar refractivity (Wildman–Crippen MR) is 62.8 cm³/mol. The molecule has 0 atom stereocenters. The van der Waals surface area contributed by atoms with Crippen molar-refractivity contribution >= 4 is 12.1 Å². The molecule has 1 aliphatic rings. The maximum atomic E-state index is 11.6. The number of aliphatic carboxylic acids is 1. The van der Waals surface area contributed by atoms with Crippen LogP contribution >= 0.6 is 0 Å². The number of ether oxygens (including phenoxy) is 1. The SMILES string of the molecule is CC1(C)CC(NC(=O)OC(C)(C)C)(C(=O)O)C1. The summed E-state index contributed by atoms with van der Waals surface area (Å²) >= 11 is 0. The Kier molecular flexibility index (Phi) is 3.16. The van der Waals surface area contributed by atoms with Crippen LogP contribution in [-0.4, -0.2) is 28.3 Å². The van der Waals surface area contributed by atoms with E-state index in [1.807, 2.05) is 13.8 Å². The molecule has 2 N–H and O–H groups in total. The quantitative estimate of drug-likeness (QED) is 0.779. The number of carboxylic acids is 1. The van der Waals surface area contributed by atoms with Crippen molar-refractivity contribution < 1.29 is 19.4 Å². The van der Waals surface area contributed by atoms with Gasteiger partial charge in [0.2, 0.25) is 0 Å². The van der Waals surface area contributed by atoms with Gasteiger partial charge in [-0.3, -0.25) is 0 Å². The van der Waals surface area contributed by atoms with Crippen molar-refractivity contribution in [3.8, 4) is 0 Å². The molecule has 5 nitrogen and oxygen atoms in total. The van der Waals surface area contributed by atoms with Gasteiger partial charge in [-0.05, 0) is 39.0 Å². The fourth-order valence-electron chi connectivity index (χ4n) is 2.37. The Balaban J connectivity index is 2.65. The van der Waals surface area contributed by atoms with Crippen molar-refractivity contribution in [2.75, 3.05) is 0 Å². The van der Waals surface area contributed by atoms with E-state index in [2.05, 4.69) is 5.32 Å². The molecule has 0 aromatic rings. The Bertz CT molecular complexity index is 333. The number of nitrogens with one attached hydrogen (secondary N) is 1. The highest BCUT2D eigenvalue weighted by Crippen LogP contribution is 2.48. The second kappa shape index (κ2) is 3.89. The summed E-state index contributed by atoms with van der Waals surface area (Å²) in [6, 6.07) is 0. The summed E-state index contributed by atoms with van der Waals surface area (Å²) in [4.78, 5) is 22.8. The highest BCUT2D eigenvalue weighted by molar-refractivity contribution is 5.85. The number of carbonyl (C=O) groups is 2. The Hall–Kier alpha value is -1.26. The van der Waals surface area contributed by atoms with Crippen molar-refractivity contribution in [1.29, 1.82) is 0 Å². The molecule has 1 amide bonds. The van der Waals surface area contributed by atoms with Gasteiger partial charge in [0.25, 0.3) is 0 Å². The molecule has 0 saturated heterocycles. The van der Waals surface area contributed by atoms with Crippen LogP contribution in [0.2, 0.25) is 0 Å². The Morgan fingerprint density at radius 3 is 2.00 bits per heavy atom. The van der Waals surface area contributed by atoms with Gasteiger partial charge in [-0.2, -0.15) is 0 Å². The molecule has 98 valence electrons. The van der Waals surface area contributed by atoms with E-state index in [0.29, 0.717) is 12.8 Å². The van der Waals surface area contributed by atoms with Gasteiger partial charge in [-0.25, -0.2) is 9.59 Å². The first-order chi connectivity index (χ1) is 7.46. The molecule has 1 fully saturated rings. The predicted octanol–water partition coefficient (Wildman–Crippen LogP) is 2.15. The van der Waals surface area contributed by atoms with Gasteiger partial charge >= 0.3 is 12.1 Å². The normalized spacial score (nSPS) is 21.2. The first-order valence-electron chi connectivity index (χ1n) is 5.70. The molecule has 17 heavy (non-hydrogen) atoms. The van der Waals surface area contributed by atoms with Crippen LogP contribution in [0.3, 0.4) is 0 Å². The number of alkyl carbamates (subject to hydrolysis) is 1. The summed E-state index contributed by atoms with van der Waals surface area (Å²) < 4.78 is 5.07. The zero-order valence-corrected chi connectivity index (χ0v) is 11.1. The lowest BCUT2D eigenvalue weighted by Crippen LogP contribution is -2.65. The molecule has 0 aromatic heterocycles. The molecule has 0 radical (unpaired) electrons. The van der Waals surface area contributed by atoms with Gasteiger partial charge in [0, 0.05) is 0 Å². The van der Waals surface area contributed by atoms with E-state index < -0.39 is 23.2 Å². The van der Waals surface area contributed by atoms with Gasteiger partial charge < -0.3 is 15.2 Å². The third kappa shape index (κ3) is 3.35. The highest BCUT2D eigenvalue weighted by atomic mass is 16.6. The van der Waals surface area contributed by atoms with Crippen molar-refractivity contribution in [3.63, 3.8) is 0 Å². The smallest absolute Gasteiger partial charge is 0.408 e. The van der Waals surface area contributed by atoms with E-state index in [-0.39, 0.29) is 5.41 Å². The van der Waals surface area contributed by atoms with Crippen molar-refractivity contribution in [1.82, 2.24) is 5.32 Å². The minimum absolute atomic E-state index is 0.0482. The molecule has 1 rings (SSSR count). The second-order valence-corrected chi connectivity index (χ2v) is 6.53. The van der Waals surface area contributed by atoms with Crippen LogP contribution in [0, 0.1) is 5.41 Å². The van der Waals surface area contributed by atoms with Crippen LogP contribution in [-0.2, 0) is 9.53 Å². The van der Waals surface area contributed by atoms with Gasteiger partial charge in [0.05, 0.1) is 0 Å². The minimum atomic E-state index is -1.16. The Morgan fingerprint density at radius 2 is 1.71 bits per heavy atom. The molecule has 0 spiro atoms. The van der Waals surface area contributed by atoms with Gasteiger partial charge in [-0.15, -0.1) is 0 Å². The summed E-state index contributed by atoms with van der Waals surface area (Å²) in [5.41, 5.74) is -1.83. The molecule has 1 aliphatic carbocycles. The van der Waals surface area contributed by atoms with Crippen molar-refractivity contribution in [2.45, 2.75) is 58.6 Å². The summed E-state index contributed by atoms with van der Waals surface area (Å²) in [7, 11) is 0. The number of carboxylic acid groups (broad SMARTS) is 1. The van der Waals surface area contributed by atoms with Crippen LogP contribution in [0.15, 0.2) is 0 Å². The van der Waals surface area contributed by atoms with E-state index in [4.69, 9.17) is 4.74 Å². The van der Waals surface area contributed by atoms with Crippen LogP contribution in [0.5, 0.6) is 0 Å². The van der Waals surface area contributed by atoms with E-state index in [1.54, 1.807) is 20.8 Å². The molecular formula is C12H21NO4. The minimum Gasteiger partial charge on any atom is -0.480 e. The van der Waals surface area contributed by atoms with Crippen molar-refractivity contribution in [2.24, 2.45) is 5.41 Å². The number of hydrogen-bond acceptors (Lipinski definition) is 3. The van der Waals surface area contributed by atoms with Crippen LogP contribution < -0.4 is 5.32 Å². The standard InChI is InChI=1S/C12H21NO4/c1-10(2,3)17-9(16)13-12(8(14)15)6-11(4,5)7-12/h6-7H2,1-5H3,(H,13,16)(H,14,15). The van der Waals surface area contributed by atoms with Gasteiger partial charge in [-0.1, -0.05) is 13.8 Å². The van der Waals surface area contributed by atoms with E-state index in [1.165, 1.54) is 0 Å². The number of rotatable bonds is 2. The first kappa shape index (κ1) is 13.8. The van der Waals surface area contributed by atoms with Crippen LogP contribution in [0.1, 0.15) is 47.5 Å². The Labute approximate surface area is 102 Å². The number of hydrogen-bond donors (Lipinski definition) is 2.